The summed E-state index contributed by atoms with van der Waals surface area (Å²) >= 11 is 1.35. The Morgan fingerprint density at radius 1 is 1.00 bits per heavy atom. The lowest BCUT2D eigenvalue weighted by Crippen LogP contribution is -2.19. The van der Waals surface area contributed by atoms with E-state index < -0.39 is 6.03 Å². The number of methoxy groups -OCH3 is 2. The number of anilines is 2. The first-order valence-corrected chi connectivity index (χ1v) is 9.10. The second kappa shape index (κ2) is 8.50. The molecule has 0 fully saturated rings. The molecule has 0 aliphatic carbocycles. The molecular weight excluding hydrogens is 364 g/mol. The van der Waals surface area contributed by atoms with E-state index in [1.54, 1.807) is 32.4 Å². The summed E-state index contributed by atoms with van der Waals surface area (Å²) in [5.74, 6) is 1.23. The highest BCUT2D eigenvalue weighted by molar-refractivity contribution is 7.15. The zero-order valence-corrected chi connectivity index (χ0v) is 16.0. The lowest BCUT2D eigenvalue weighted by Gasteiger charge is -2.10. The van der Waals surface area contributed by atoms with E-state index in [1.807, 2.05) is 30.3 Å². The average Bonchev–Trinajstić information content (AvgIpc) is 3.16. The number of carbonyl (C=O) groups excluding carboxylic acids is 1. The van der Waals surface area contributed by atoms with E-state index >= 15 is 0 Å². The quantitative estimate of drug-likeness (QED) is 0.660. The molecule has 0 saturated heterocycles. The summed E-state index contributed by atoms with van der Waals surface area (Å²) in [6.07, 6.45) is 0. The molecule has 0 spiro atoms. The van der Waals surface area contributed by atoms with Crippen LogP contribution in [0.3, 0.4) is 0 Å². The van der Waals surface area contributed by atoms with Crippen molar-refractivity contribution < 1.29 is 14.3 Å². The molecule has 1 unspecified atom stereocenters. The van der Waals surface area contributed by atoms with Crippen LogP contribution in [0.25, 0.3) is 0 Å². The predicted molar refractivity (Wildman–Crippen MR) is 106 cm³/mol. The standard InChI is InChI=1S/C19H20N4O3S/c1-12(13-7-5-4-6-8-13)17-22-23-19(27-17)21-18(24)20-14-9-10-15(25-2)16(11-14)26-3/h4-12H,1-3H3,(H2,20,21,23,24). The summed E-state index contributed by atoms with van der Waals surface area (Å²) in [6, 6.07) is 14.8. The van der Waals surface area contributed by atoms with Gasteiger partial charge in [0.25, 0.3) is 0 Å². The van der Waals surface area contributed by atoms with Gasteiger partial charge in [-0.25, -0.2) is 4.79 Å². The summed E-state index contributed by atoms with van der Waals surface area (Å²) in [5.41, 5.74) is 1.72. The van der Waals surface area contributed by atoms with E-state index in [-0.39, 0.29) is 5.92 Å². The molecule has 0 aliphatic heterocycles. The lowest BCUT2D eigenvalue weighted by atomic mass is 10.0. The Hall–Kier alpha value is -3.13. The number of hydrogen-bond acceptors (Lipinski definition) is 6. The van der Waals surface area contributed by atoms with Gasteiger partial charge >= 0.3 is 6.03 Å². The minimum atomic E-state index is -0.405. The summed E-state index contributed by atoms with van der Waals surface area (Å²) in [7, 11) is 3.10. The first-order valence-electron chi connectivity index (χ1n) is 8.29. The van der Waals surface area contributed by atoms with Crippen molar-refractivity contribution >= 4 is 28.2 Å². The molecule has 1 atom stereocenters. The van der Waals surface area contributed by atoms with E-state index in [1.165, 1.54) is 11.3 Å². The van der Waals surface area contributed by atoms with Crippen LogP contribution in [-0.4, -0.2) is 30.4 Å². The van der Waals surface area contributed by atoms with Gasteiger partial charge in [0.05, 0.1) is 14.2 Å². The molecule has 2 aromatic carbocycles. The maximum atomic E-state index is 12.2. The van der Waals surface area contributed by atoms with Gasteiger partial charge in [-0.05, 0) is 17.7 Å². The van der Waals surface area contributed by atoms with E-state index in [2.05, 4.69) is 27.8 Å². The van der Waals surface area contributed by atoms with Gasteiger partial charge in [-0.15, -0.1) is 10.2 Å². The lowest BCUT2D eigenvalue weighted by molar-refractivity contribution is 0.262. The zero-order chi connectivity index (χ0) is 19.2. The van der Waals surface area contributed by atoms with E-state index in [0.29, 0.717) is 22.3 Å². The summed E-state index contributed by atoms with van der Waals surface area (Å²) in [5, 5.41) is 15.0. The van der Waals surface area contributed by atoms with E-state index in [4.69, 9.17) is 9.47 Å². The third-order valence-corrected chi connectivity index (χ3v) is 4.99. The molecule has 0 aliphatic rings. The van der Waals surface area contributed by atoms with Crippen molar-refractivity contribution in [3.63, 3.8) is 0 Å². The maximum Gasteiger partial charge on any atom is 0.325 e. The zero-order valence-electron chi connectivity index (χ0n) is 15.2. The number of hydrogen-bond donors (Lipinski definition) is 2. The number of rotatable bonds is 6. The Kier molecular flexibility index (Phi) is 5.87. The molecule has 27 heavy (non-hydrogen) atoms. The number of urea groups is 1. The molecule has 7 nitrogen and oxygen atoms in total. The second-order valence-corrected chi connectivity index (χ2v) is 6.74. The number of aromatic nitrogens is 2. The molecule has 140 valence electrons. The largest absolute Gasteiger partial charge is 0.493 e. The van der Waals surface area contributed by atoms with E-state index in [0.717, 1.165) is 10.6 Å². The smallest absolute Gasteiger partial charge is 0.325 e. The maximum absolute atomic E-state index is 12.2. The Morgan fingerprint density at radius 3 is 2.44 bits per heavy atom. The highest BCUT2D eigenvalue weighted by Gasteiger charge is 2.15. The molecule has 0 saturated carbocycles. The van der Waals surface area contributed by atoms with Gasteiger partial charge in [0, 0.05) is 17.7 Å². The van der Waals surface area contributed by atoms with Crippen LogP contribution in [0, 0.1) is 0 Å². The van der Waals surface area contributed by atoms with Gasteiger partial charge in [-0.1, -0.05) is 48.6 Å². The number of ether oxygens (including phenoxy) is 2. The monoisotopic (exact) mass is 384 g/mol. The van der Waals surface area contributed by atoms with Crippen LogP contribution in [0.15, 0.2) is 48.5 Å². The number of nitrogens with one attached hydrogen (secondary N) is 2. The topological polar surface area (TPSA) is 85.4 Å². The molecule has 8 heteroatoms. The third-order valence-electron chi connectivity index (χ3n) is 3.97. The fraction of sp³-hybridized carbons (Fsp3) is 0.211. The molecule has 1 aromatic heterocycles. The van der Waals surface area contributed by atoms with Crippen molar-refractivity contribution in [1.82, 2.24) is 10.2 Å². The van der Waals surface area contributed by atoms with Crippen molar-refractivity contribution in [3.05, 3.63) is 59.1 Å². The second-order valence-electron chi connectivity index (χ2n) is 5.73. The number of nitrogens with zero attached hydrogens (tertiary/aromatic N) is 2. The van der Waals surface area contributed by atoms with E-state index in [9.17, 15) is 4.79 Å². The highest BCUT2D eigenvalue weighted by atomic mass is 32.1. The van der Waals surface area contributed by atoms with Crippen molar-refractivity contribution in [1.29, 1.82) is 0 Å². The van der Waals surface area contributed by atoms with Gasteiger partial charge < -0.3 is 14.8 Å². The number of carbonyl (C=O) groups is 1. The predicted octanol–water partition coefficient (Wildman–Crippen LogP) is 4.35. The fourth-order valence-corrected chi connectivity index (χ4v) is 3.34. The van der Waals surface area contributed by atoms with Gasteiger partial charge in [0.15, 0.2) is 11.5 Å². The Labute approximate surface area is 161 Å². The van der Waals surface area contributed by atoms with Crippen LogP contribution in [0.4, 0.5) is 15.6 Å². The first-order chi connectivity index (χ1) is 13.1. The molecule has 0 radical (unpaired) electrons. The van der Waals surface area contributed by atoms with Gasteiger partial charge in [0.2, 0.25) is 5.13 Å². The molecular formula is C19H20N4O3S. The minimum Gasteiger partial charge on any atom is -0.493 e. The van der Waals surface area contributed by atoms with Crippen molar-refractivity contribution in [3.8, 4) is 11.5 Å². The van der Waals surface area contributed by atoms with Crippen LogP contribution in [0.2, 0.25) is 0 Å². The Balaban J connectivity index is 1.64. The normalized spacial score (nSPS) is 11.5. The minimum absolute atomic E-state index is 0.105. The van der Waals surface area contributed by atoms with Crippen molar-refractivity contribution in [2.24, 2.45) is 0 Å². The Bertz CT molecular complexity index is 914. The van der Waals surface area contributed by atoms with Crippen LogP contribution in [0.1, 0.15) is 23.4 Å². The number of benzene rings is 2. The van der Waals surface area contributed by atoms with Crippen molar-refractivity contribution in [2.45, 2.75) is 12.8 Å². The Morgan fingerprint density at radius 2 is 1.74 bits per heavy atom. The molecule has 3 aromatic rings. The van der Waals surface area contributed by atoms with Gasteiger partial charge in [-0.3, -0.25) is 5.32 Å². The first kappa shape index (κ1) is 18.7. The van der Waals surface area contributed by atoms with Crippen LogP contribution in [0.5, 0.6) is 11.5 Å². The molecule has 0 bridgehead atoms. The van der Waals surface area contributed by atoms with Gasteiger partial charge in [0.1, 0.15) is 5.01 Å². The highest BCUT2D eigenvalue weighted by Crippen LogP contribution is 2.30. The van der Waals surface area contributed by atoms with Crippen molar-refractivity contribution in [2.75, 3.05) is 24.9 Å². The molecule has 3 rings (SSSR count). The fourth-order valence-electron chi connectivity index (χ4n) is 2.52. The third kappa shape index (κ3) is 4.53. The number of amides is 2. The summed E-state index contributed by atoms with van der Waals surface area (Å²) < 4.78 is 10.4. The SMILES string of the molecule is COc1ccc(NC(=O)Nc2nnc(C(C)c3ccccc3)s2)cc1OC. The van der Waals surface area contributed by atoms with Crippen LogP contribution < -0.4 is 20.1 Å². The average molecular weight is 384 g/mol. The molecule has 2 N–H and O–H groups in total. The summed E-state index contributed by atoms with van der Waals surface area (Å²) in [4.78, 5) is 12.2. The molecule has 2 amide bonds. The van der Waals surface area contributed by atoms with Gasteiger partial charge in [-0.2, -0.15) is 0 Å². The van der Waals surface area contributed by atoms with Crippen LogP contribution in [-0.2, 0) is 0 Å². The van der Waals surface area contributed by atoms with Crippen LogP contribution >= 0.6 is 11.3 Å². The summed E-state index contributed by atoms with van der Waals surface area (Å²) in [6.45, 7) is 2.06. The molecule has 1 heterocycles.